The van der Waals surface area contributed by atoms with Crippen molar-refractivity contribution in [2.45, 2.75) is 71.2 Å². The number of benzene rings is 1. The van der Waals surface area contributed by atoms with Crippen LogP contribution in [0.5, 0.6) is 0 Å². The minimum atomic E-state index is -4.39. The molecule has 1 aliphatic heterocycles. The highest BCUT2D eigenvalue weighted by Gasteiger charge is 2.30. The highest BCUT2D eigenvalue weighted by Crippen LogP contribution is 2.41. The smallest absolute Gasteiger partial charge is 0.368 e. The lowest BCUT2D eigenvalue weighted by atomic mass is 10.2. The van der Waals surface area contributed by atoms with E-state index in [2.05, 4.69) is 80.6 Å². The minimum absolute atomic E-state index is 0.0354. The molecule has 1 aliphatic rings. The Balaban J connectivity index is 0.00000217. The molecular formula is C33H49ClF3N5S. The van der Waals surface area contributed by atoms with Crippen molar-refractivity contribution in [2.24, 2.45) is 4.99 Å². The summed E-state index contributed by atoms with van der Waals surface area (Å²) >= 11 is 5.84. The lowest BCUT2D eigenvalue weighted by Gasteiger charge is -2.37. The quantitative estimate of drug-likeness (QED) is 0.113. The van der Waals surface area contributed by atoms with Crippen LogP contribution in [0.4, 0.5) is 18.9 Å². The minimum Gasteiger partial charge on any atom is -0.368 e. The van der Waals surface area contributed by atoms with Gasteiger partial charge in [-0.05, 0) is 69.3 Å². The van der Waals surface area contributed by atoms with E-state index < -0.39 is 5.51 Å². The van der Waals surface area contributed by atoms with Crippen LogP contribution in [0.15, 0.2) is 87.8 Å². The van der Waals surface area contributed by atoms with Crippen LogP contribution in [0.25, 0.3) is 0 Å². The van der Waals surface area contributed by atoms with Crippen molar-refractivity contribution in [1.29, 1.82) is 0 Å². The zero-order valence-corrected chi connectivity index (χ0v) is 28.6. The number of anilines is 1. The molecule has 1 aromatic carbocycles. The summed E-state index contributed by atoms with van der Waals surface area (Å²) in [4.78, 5) is 11.2. The fraction of sp³-hybridized carbons (Fsp3) is 0.485. The Hall–Kier alpha value is -2.78. The maximum atomic E-state index is 12.7. The average Bonchev–Trinajstić information content (AvgIpc) is 2.95. The van der Waals surface area contributed by atoms with Crippen molar-refractivity contribution in [3.8, 4) is 0 Å². The number of alkyl halides is 3. The highest BCUT2D eigenvalue weighted by molar-refractivity contribution is 8.00. The number of thioether (sulfide) groups is 1. The summed E-state index contributed by atoms with van der Waals surface area (Å²) < 4.78 is 38.0. The van der Waals surface area contributed by atoms with Crippen LogP contribution in [-0.2, 0) is 0 Å². The molecule has 1 fully saturated rings. The average molecular weight is 640 g/mol. The number of amidine groups is 1. The second kappa shape index (κ2) is 19.5. The molecule has 1 aromatic rings. The first-order chi connectivity index (χ1) is 20.2. The number of hydrogen-bond donors (Lipinski definition) is 1. The molecule has 1 N–H and O–H groups in total. The fourth-order valence-electron chi connectivity index (χ4n) is 3.74. The molecular weight excluding hydrogens is 591 g/mol. The molecule has 5 nitrogen and oxygen atoms in total. The van der Waals surface area contributed by atoms with Gasteiger partial charge in [0.25, 0.3) is 0 Å². The van der Waals surface area contributed by atoms with E-state index in [1.807, 2.05) is 32.0 Å². The van der Waals surface area contributed by atoms with Gasteiger partial charge in [0.05, 0.1) is 5.02 Å². The van der Waals surface area contributed by atoms with E-state index in [0.717, 1.165) is 38.3 Å². The molecule has 2 rings (SSSR count). The van der Waals surface area contributed by atoms with E-state index in [-0.39, 0.29) is 21.7 Å². The molecule has 1 heterocycles. The summed E-state index contributed by atoms with van der Waals surface area (Å²) in [5, 5.41) is 3.21. The largest absolute Gasteiger partial charge is 0.446 e. The van der Waals surface area contributed by atoms with E-state index in [1.54, 1.807) is 6.07 Å². The maximum Gasteiger partial charge on any atom is 0.446 e. The number of aliphatic imine (C=N–C) groups is 1. The molecule has 0 unspecified atom stereocenters. The summed E-state index contributed by atoms with van der Waals surface area (Å²) in [5.74, 6) is 1.37. The first-order valence-corrected chi connectivity index (χ1v) is 15.9. The SMILES string of the molecule is C=C(/N=C(\C=C(/C)Nc1ccc(SC(F)(F)F)c(Cl)c1)N(C)C)N1CCN(C(/C=C\C=C(/C)CC)=C/C)CC1.CCCC. The second-order valence-corrected chi connectivity index (χ2v) is 11.9. The lowest BCUT2D eigenvalue weighted by molar-refractivity contribution is -0.0328. The Morgan fingerprint density at radius 3 is 2.19 bits per heavy atom. The third kappa shape index (κ3) is 15.0. The summed E-state index contributed by atoms with van der Waals surface area (Å²) in [6.07, 6.45) is 14.1. The van der Waals surface area contributed by atoms with E-state index in [9.17, 15) is 13.2 Å². The van der Waals surface area contributed by atoms with E-state index in [4.69, 9.17) is 16.6 Å². The molecule has 0 atom stereocenters. The Labute approximate surface area is 266 Å². The number of nitrogens with zero attached hydrogens (tertiary/aromatic N) is 4. The normalized spacial score (nSPS) is 15.4. The van der Waals surface area contributed by atoms with Gasteiger partial charge in [0.2, 0.25) is 0 Å². The van der Waals surface area contributed by atoms with Crippen LogP contribution in [0.2, 0.25) is 5.02 Å². The summed E-state index contributed by atoms with van der Waals surface area (Å²) in [6.45, 7) is 20.1. The molecule has 0 radical (unpaired) electrons. The number of unbranched alkanes of at least 4 members (excludes halogenated alkanes) is 1. The van der Waals surface area contributed by atoms with Crippen molar-refractivity contribution < 1.29 is 13.2 Å². The van der Waals surface area contributed by atoms with E-state index in [1.165, 1.54) is 36.2 Å². The zero-order valence-electron chi connectivity index (χ0n) is 27.0. The molecule has 0 spiro atoms. The molecule has 0 aliphatic carbocycles. The Kier molecular flexibility index (Phi) is 17.3. The van der Waals surface area contributed by atoms with Crippen LogP contribution >= 0.6 is 23.4 Å². The molecule has 0 aromatic heterocycles. The number of piperazine rings is 1. The summed E-state index contributed by atoms with van der Waals surface area (Å²) in [7, 11) is 3.79. The highest BCUT2D eigenvalue weighted by atomic mass is 35.5. The van der Waals surface area contributed by atoms with Gasteiger partial charge >= 0.3 is 5.51 Å². The van der Waals surface area contributed by atoms with Gasteiger partial charge in [-0.25, -0.2) is 4.99 Å². The maximum absolute atomic E-state index is 12.7. The van der Waals surface area contributed by atoms with Crippen LogP contribution in [0.3, 0.4) is 0 Å². The third-order valence-electron chi connectivity index (χ3n) is 6.56. The fourth-order valence-corrected chi connectivity index (χ4v) is 4.58. The number of rotatable bonds is 11. The molecule has 1 saturated heterocycles. The van der Waals surface area contributed by atoms with Gasteiger partial charge in [0.1, 0.15) is 11.7 Å². The van der Waals surface area contributed by atoms with Gasteiger partial charge < -0.3 is 20.0 Å². The van der Waals surface area contributed by atoms with Crippen molar-refractivity contribution >= 4 is 34.9 Å². The van der Waals surface area contributed by atoms with Crippen LogP contribution in [0.1, 0.15) is 60.8 Å². The van der Waals surface area contributed by atoms with Gasteiger partial charge in [-0.3, -0.25) is 0 Å². The van der Waals surface area contributed by atoms with Crippen molar-refractivity contribution in [3.63, 3.8) is 0 Å². The van der Waals surface area contributed by atoms with Gasteiger partial charge in [0, 0.05) is 62.3 Å². The van der Waals surface area contributed by atoms with E-state index >= 15 is 0 Å². The molecule has 0 saturated carbocycles. The van der Waals surface area contributed by atoms with E-state index in [0.29, 0.717) is 17.3 Å². The molecule has 43 heavy (non-hydrogen) atoms. The molecule has 10 heteroatoms. The van der Waals surface area contributed by atoms with Gasteiger partial charge in [-0.15, -0.1) is 0 Å². The predicted molar refractivity (Wildman–Crippen MR) is 182 cm³/mol. The topological polar surface area (TPSA) is 34.1 Å². The predicted octanol–water partition coefficient (Wildman–Crippen LogP) is 9.94. The number of allylic oxidation sites excluding steroid dienone is 6. The molecule has 240 valence electrons. The Morgan fingerprint density at radius 1 is 1.09 bits per heavy atom. The molecule has 0 bridgehead atoms. The number of likely N-dealkylation sites (N-methyl/N-ethyl adjacent to an activating group) is 1. The number of hydrogen-bond acceptors (Lipinski definition) is 5. The van der Waals surface area contributed by atoms with Crippen molar-refractivity contribution in [3.05, 3.63) is 83.0 Å². The van der Waals surface area contributed by atoms with Crippen LogP contribution < -0.4 is 5.32 Å². The van der Waals surface area contributed by atoms with Gasteiger partial charge in [-0.1, -0.05) is 75.6 Å². The first kappa shape index (κ1) is 38.2. The number of nitrogens with one attached hydrogen (secondary N) is 1. The monoisotopic (exact) mass is 639 g/mol. The lowest BCUT2D eigenvalue weighted by Crippen LogP contribution is -2.44. The van der Waals surface area contributed by atoms with Gasteiger partial charge in [0.15, 0.2) is 0 Å². The van der Waals surface area contributed by atoms with Crippen molar-refractivity contribution in [1.82, 2.24) is 14.7 Å². The van der Waals surface area contributed by atoms with Crippen LogP contribution in [-0.4, -0.2) is 66.3 Å². The standard InChI is InChI=1S/C29H39ClF3N5S.C4H10/c1-8-21(3)11-10-12-25(9-2)38-17-15-37(16-18-38)23(5)35-28(36(6)7)19-22(4)34-24-13-14-27(26(30)20-24)39-29(31,32)33;1-3-4-2/h9-14,19-20,34H,5,8,15-18H2,1-4,6-7H3;3-4H2,1-2H3/b12-10-,21-11+,22-19+,25-9+,35-28+;. The molecule has 0 amide bonds. The Bertz CT molecular complexity index is 1180. The number of halogens is 4. The third-order valence-corrected chi connectivity index (χ3v) is 7.79. The van der Waals surface area contributed by atoms with Gasteiger partial charge in [-0.2, -0.15) is 13.2 Å². The van der Waals surface area contributed by atoms with Crippen molar-refractivity contribution in [2.75, 3.05) is 45.6 Å². The summed E-state index contributed by atoms with van der Waals surface area (Å²) in [6, 6.07) is 4.40. The first-order valence-electron chi connectivity index (χ1n) is 14.7. The zero-order chi connectivity index (χ0) is 32.6. The Morgan fingerprint density at radius 2 is 1.70 bits per heavy atom. The summed E-state index contributed by atoms with van der Waals surface area (Å²) in [5.41, 5.74) is -0.504. The second-order valence-electron chi connectivity index (χ2n) is 10.3. The van der Waals surface area contributed by atoms with Crippen LogP contribution in [0, 0.1) is 0 Å².